The van der Waals surface area contributed by atoms with Gasteiger partial charge >= 0.3 is 0 Å². The number of rotatable bonds is 6. The number of likely N-dealkylation sites (N-methyl/N-ethyl adjacent to an activating group) is 2. The number of fused-ring (bicyclic) bond motifs is 5. The molecule has 0 spiro atoms. The molecule has 2 aromatic carbocycles. The van der Waals surface area contributed by atoms with Gasteiger partial charge in [-0.3, -0.25) is 19.3 Å². The number of thiophene rings is 1. The van der Waals surface area contributed by atoms with Gasteiger partial charge in [-0.05, 0) is 86.0 Å². The Morgan fingerprint density at radius 3 is 2.55 bits per heavy atom. The lowest BCUT2D eigenvalue weighted by molar-refractivity contribution is -0.139. The normalized spacial score (nSPS) is 21.0. The minimum Gasteiger partial charge on any atom is -0.343 e. The maximum atomic E-state index is 13.3. The van der Waals surface area contributed by atoms with Crippen LogP contribution in [0.2, 0.25) is 0 Å². The minimum absolute atomic E-state index is 0.0717. The van der Waals surface area contributed by atoms with E-state index in [1.165, 1.54) is 34.3 Å². The zero-order valence-corrected chi connectivity index (χ0v) is 26.2. The predicted molar refractivity (Wildman–Crippen MR) is 174 cm³/mol. The molecule has 3 atom stereocenters. The lowest BCUT2D eigenvalue weighted by Gasteiger charge is -2.37. The van der Waals surface area contributed by atoms with Crippen LogP contribution in [0.1, 0.15) is 68.4 Å². The van der Waals surface area contributed by atoms with Crippen molar-refractivity contribution >= 4 is 40.3 Å². The highest BCUT2D eigenvalue weighted by molar-refractivity contribution is 7.14. The van der Waals surface area contributed by atoms with Crippen molar-refractivity contribution in [1.82, 2.24) is 19.4 Å². The van der Waals surface area contributed by atoms with Crippen molar-refractivity contribution in [3.63, 3.8) is 0 Å². The summed E-state index contributed by atoms with van der Waals surface area (Å²) in [4.78, 5) is 49.9. The van der Waals surface area contributed by atoms with Crippen LogP contribution in [0.3, 0.4) is 0 Å². The lowest BCUT2D eigenvalue weighted by atomic mass is 9.99. The molecule has 0 radical (unpaired) electrons. The van der Waals surface area contributed by atoms with Crippen LogP contribution in [0.15, 0.2) is 59.5 Å². The molecule has 10 heteroatoms. The summed E-state index contributed by atoms with van der Waals surface area (Å²) < 4.78 is 1.51. The first-order valence-electron chi connectivity index (χ1n) is 15.1. The molecule has 2 N–H and O–H groups in total. The first-order chi connectivity index (χ1) is 21.2. The second-order valence-electron chi connectivity index (χ2n) is 12.4. The monoisotopic (exact) mass is 608 g/mol. The molecular weight excluding hydrogens is 572 g/mol. The molecule has 4 aromatic rings. The number of aromatic nitrogens is 2. The van der Waals surface area contributed by atoms with E-state index in [1.807, 2.05) is 63.5 Å². The van der Waals surface area contributed by atoms with Gasteiger partial charge in [0.05, 0.1) is 10.6 Å². The van der Waals surface area contributed by atoms with E-state index in [0.29, 0.717) is 29.8 Å². The van der Waals surface area contributed by atoms with Crippen LogP contribution in [-0.2, 0) is 11.8 Å². The Morgan fingerprint density at radius 1 is 1.00 bits per heavy atom. The molecule has 3 heterocycles. The number of amides is 2. The fraction of sp³-hybridized carbons (Fsp3) is 0.353. The minimum atomic E-state index is -0.330. The van der Waals surface area contributed by atoms with Crippen molar-refractivity contribution < 1.29 is 9.59 Å². The van der Waals surface area contributed by atoms with Gasteiger partial charge < -0.3 is 20.1 Å². The molecule has 1 saturated heterocycles. The van der Waals surface area contributed by atoms with E-state index in [0.717, 1.165) is 33.8 Å². The quantitative estimate of drug-likeness (QED) is 0.295. The Balaban J connectivity index is 1.12. The van der Waals surface area contributed by atoms with E-state index in [-0.39, 0.29) is 29.2 Å². The van der Waals surface area contributed by atoms with Gasteiger partial charge in [-0.15, -0.1) is 11.3 Å². The Kier molecular flexibility index (Phi) is 7.13. The predicted octanol–water partition coefficient (Wildman–Crippen LogP) is 5.62. The van der Waals surface area contributed by atoms with E-state index in [9.17, 15) is 14.4 Å². The third-order valence-electron chi connectivity index (χ3n) is 9.52. The van der Waals surface area contributed by atoms with Crippen LogP contribution in [0.25, 0.3) is 11.3 Å². The van der Waals surface area contributed by atoms with Crippen molar-refractivity contribution in [2.75, 3.05) is 37.8 Å². The van der Waals surface area contributed by atoms with E-state index in [2.05, 4.69) is 21.6 Å². The maximum Gasteiger partial charge on any atom is 0.293 e. The van der Waals surface area contributed by atoms with Crippen LogP contribution < -0.4 is 16.2 Å². The topological polar surface area (TPSA) is 99.6 Å². The fourth-order valence-corrected chi connectivity index (χ4v) is 8.24. The third kappa shape index (κ3) is 4.92. The number of nitrogens with zero attached hydrogens (tertiary/aromatic N) is 4. The SMILES string of the molecule is Cc1c(NC(=O)c2cc3c(s2)C2CCC3C2)cccc1-c1cn(C)c(=O)c(Nc2ccc([C@H]3C(=O)N(C)CCN3C)cc2)n1. The number of nitrogens with one attached hydrogen (secondary N) is 2. The van der Waals surface area contributed by atoms with Crippen LogP contribution in [0.5, 0.6) is 0 Å². The average molecular weight is 609 g/mol. The largest absolute Gasteiger partial charge is 0.343 e. The van der Waals surface area contributed by atoms with Crippen LogP contribution in [0, 0.1) is 6.92 Å². The fourth-order valence-electron chi connectivity index (χ4n) is 6.95. The van der Waals surface area contributed by atoms with E-state index >= 15 is 0 Å². The standard InChI is InChI=1S/C34H36N6O3S/c1-19-24(6-5-7-26(19)37-32(41)28-17-25-21-8-9-22(16-21)30(25)44-28)27-18-40(4)34(43)31(36-27)35-23-12-10-20(11-13-23)29-33(42)39(3)15-14-38(29)2/h5-7,10-13,17-18,21-22,29H,8-9,14-16H2,1-4H3,(H,35,36)(H,37,41)/t21?,22?,29-/m0/s1. The molecule has 2 aliphatic carbocycles. The summed E-state index contributed by atoms with van der Waals surface area (Å²) in [6.45, 7) is 3.47. The Hall–Kier alpha value is -4.28. The Labute approximate surface area is 260 Å². The van der Waals surface area contributed by atoms with E-state index in [4.69, 9.17) is 4.98 Å². The third-order valence-corrected chi connectivity index (χ3v) is 10.8. The molecule has 44 heavy (non-hydrogen) atoms. The lowest BCUT2D eigenvalue weighted by Crippen LogP contribution is -2.48. The van der Waals surface area contributed by atoms with Gasteiger partial charge in [0.2, 0.25) is 5.91 Å². The summed E-state index contributed by atoms with van der Waals surface area (Å²) in [5.74, 6) is 1.44. The Morgan fingerprint density at radius 2 is 1.77 bits per heavy atom. The van der Waals surface area contributed by atoms with Crippen molar-refractivity contribution in [1.29, 1.82) is 0 Å². The molecule has 2 aromatic heterocycles. The number of anilines is 3. The number of piperazine rings is 1. The molecular formula is C34H36N6O3S. The second-order valence-corrected chi connectivity index (χ2v) is 13.4. The first kappa shape index (κ1) is 28.5. The number of hydrogen-bond donors (Lipinski definition) is 2. The van der Waals surface area contributed by atoms with Gasteiger partial charge in [0.25, 0.3) is 11.5 Å². The van der Waals surface area contributed by atoms with Crippen molar-refractivity contribution in [3.05, 3.63) is 91.5 Å². The van der Waals surface area contributed by atoms with Crippen LogP contribution in [0.4, 0.5) is 17.2 Å². The molecule has 7 rings (SSSR count). The second kappa shape index (κ2) is 11.0. The smallest absolute Gasteiger partial charge is 0.293 e. The van der Waals surface area contributed by atoms with Gasteiger partial charge in [0.15, 0.2) is 5.82 Å². The van der Waals surface area contributed by atoms with Crippen LogP contribution >= 0.6 is 11.3 Å². The van der Waals surface area contributed by atoms with Gasteiger partial charge in [-0.25, -0.2) is 4.98 Å². The molecule has 2 fully saturated rings. The van der Waals surface area contributed by atoms with Gasteiger partial charge in [0.1, 0.15) is 6.04 Å². The molecule has 2 unspecified atom stereocenters. The van der Waals surface area contributed by atoms with Crippen LogP contribution in [-0.4, -0.2) is 58.4 Å². The van der Waals surface area contributed by atoms with E-state index < -0.39 is 0 Å². The van der Waals surface area contributed by atoms with Gasteiger partial charge in [-0.1, -0.05) is 24.3 Å². The first-order valence-corrected chi connectivity index (χ1v) is 15.9. The summed E-state index contributed by atoms with van der Waals surface area (Å²) >= 11 is 1.64. The number of benzene rings is 2. The zero-order valence-electron chi connectivity index (χ0n) is 25.4. The van der Waals surface area contributed by atoms with Gasteiger partial charge in [0, 0.05) is 55.2 Å². The highest BCUT2D eigenvalue weighted by Crippen LogP contribution is 2.56. The van der Waals surface area contributed by atoms with Crippen molar-refractivity contribution in [2.45, 2.75) is 44.1 Å². The molecule has 9 nitrogen and oxygen atoms in total. The molecule has 1 saturated carbocycles. The maximum absolute atomic E-state index is 13.3. The summed E-state index contributed by atoms with van der Waals surface area (Å²) in [7, 11) is 5.49. The number of hydrogen-bond acceptors (Lipinski definition) is 7. The number of carbonyl (C=O) groups is 2. The summed E-state index contributed by atoms with van der Waals surface area (Å²) in [6, 6.07) is 15.1. The summed E-state index contributed by atoms with van der Waals surface area (Å²) in [6.07, 6.45) is 5.44. The number of carbonyl (C=O) groups excluding carboxylic acids is 2. The number of aryl methyl sites for hydroxylation is 1. The average Bonchev–Trinajstić information content (AvgIpc) is 3.74. The zero-order chi connectivity index (χ0) is 30.7. The molecule has 3 aliphatic rings. The van der Waals surface area contributed by atoms with Crippen molar-refractivity contribution in [2.24, 2.45) is 7.05 Å². The van der Waals surface area contributed by atoms with E-state index in [1.54, 1.807) is 29.5 Å². The summed E-state index contributed by atoms with van der Waals surface area (Å²) in [5, 5.41) is 6.31. The molecule has 2 bridgehead atoms. The highest BCUT2D eigenvalue weighted by Gasteiger charge is 2.39. The Bertz CT molecular complexity index is 1820. The summed E-state index contributed by atoms with van der Waals surface area (Å²) in [5.41, 5.74) is 5.75. The van der Waals surface area contributed by atoms with Gasteiger partial charge in [-0.2, -0.15) is 0 Å². The molecule has 2 amide bonds. The molecule has 226 valence electrons. The van der Waals surface area contributed by atoms with Crippen molar-refractivity contribution in [3.8, 4) is 11.3 Å². The molecule has 1 aliphatic heterocycles. The highest BCUT2D eigenvalue weighted by atomic mass is 32.1.